The van der Waals surface area contributed by atoms with Crippen LogP contribution in [-0.4, -0.2) is 48.5 Å². The first-order valence-corrected chi connectivity index (χ1v) is 9.73. The van der Waals surface area contributed by atoms with E-state index in [1.807, 2.05) is 0 Å². The summed E-state index contributed by atoms with van der Waals surface area (Å²) in [7, 11) is 0. The summed E-state index contributed by atoms with van der Waals surface area (Å²) in [6.45, 7) is -0.936. The van der Waals surface area contributed by atoms with Gasteiger partial charge in [0.1, 0.15) is 5.75 Å². The number of carbonyl (C=O) groups excluding carboxylic acids is 3. The summed E-state index contributed by atoms with van der Waals surface area (Å²) >= 11 is 0. The van der Waals surface area contributed by atoms with E-state index >= 15 is 0 Å². The number of nitrogens with zero attached hydrogens (tertiary/aromatic N) is 1. The number of para-hydroxylation sites is 2. The van der Waals surface area contributed by atoms with Gasteiger partial charge in [0.25, 0.3) is 11.8 Å². The summed E-state index contributed by atoms with van der Waals surface area (Å²) in [5.74, 6) is -1.88. The minimum atomic E-state index is -3.04. The number of esters is 1. The van der Waals surface area contributed by atoms with E-state index in [9.17, 15) is 23.2 Å². The monoisotopic (exact) mass is 436 g/mol. The fraction of sp³-hybridized carbons (Fsp3) is 0.381. The van der Waals surface area contributed by atoms with Gasteiger partial charge in [-0.25, -0.2) is 0 Å². The van der Waals surface area contributed by atoms with Crippen molar-refractivity contribution in [2.75, 3.05) is 18.4 Å². The van der Waals surface area contributed by atoms with Gasteiger partial charge < -0.3 is 24.1 Å². The van der Waals surface area contributed by atoms with E-state index in [1.54, 1.807) is 23.1 Å². The second-order valence-electron chi connectivity index (χ2n) is 6.99. The van der Waals surface area contributed by atoms with Crippen LogP contribution in [0.2, 0.25) is 0 Å². The minimum absolute atomic E-state index is 0.0421. The molecule has 1 atom stereocenters. The second kappa shape index (κ2) is 10.1. The van der Waals surface area contributed by atoms with Crippen molar-refractivity contribution in [3.63, 3.8) is 0 Å². The van der Waals surface area contributed by atoms with E-state index in [2.05, 4.69) is 10.1 Å². The topological polar surface area (TPSA) is 98.1 Å². The molecule has 0 aliphatic carbocycles. The minimum Gasteiger partial charge on any atom is -0.459 e. The Bertz CT molecular complexity index is 910. The summed E-state index contributed by atoms with van der Waals surface area (Å²) in [5, 5.41) is 2.42. The zero-order valence-corrected chi connectivity index (χ0v) is 16.8. The van der Waals surface area contributed by atoms with Crippen LogP contribution in [0.3, 0.4) is 0 Å². The van der Waals surface area contributed by atoms with E-state index in [0.29, 0.717) is 25.9 Å². The van der Waals surface area contributed by atoms with Gasteiger partial charge in [0.15, 0.2) is 11.9 Å². The fourth-order valence-electron chi connectivity index (χ4n) is 3.20. The molecule has 1 unspecified atom stereocenters. The number of hydrogen-bond acceptors (Lipinski definition) is 6. The van der Waals surface area contributed by atoms with Crippen LogP contribution in [0.25, 0.3) is 0 Å². The van der Waals surface area contributed by atoms with Crippen LogP contribution in [-0.2, 0) is 14.3 Å². The molecule has 1 N–H and O–H groups in total. The molecule has 166 valence electrons. The molecule has 0 bridgehead atoms. The zero-order chi connectivity index (χ0) is 22.4. The normalized spacial score (nSPS) is 15.4. The van der Waals surface area contributed by atoms with Crippen LogP contribution in [0.4, 0.5) is 14.5 Å². The third-order valence-electron chi connectivity index (χ3n) is 4.87. The number of ether oxygens (including phenoxy) is 2. The van der Waals surface area contributed by atoms with Crippen molar-refractivity contribution >= 4 is 23.5 Å². The molecule has 1 fully saturated rings. The Morgan fingerprint density at radius 1 is 1.13 bits per heavy atom. The SMILES string of the molecule is CC(OC(=O)C1CCN(C(=O)c2ccco2)CC1)C(=O)Nc1ccccc1OC(F)F. The molecule has 1 saturated heterocycles. The van der Waals surface area contributed by atoms with Gasteiger partial charge in [0, 0.05) is 13.1 Å². The largest absolute Gasteiger partial charge is 0.459 e. The summed E-state index contributed by atoms with van der Waals surface area (Å²) in [4.78, 5) is 38.7. The predicted molar refractivity (Wildman–Crippen MR) is 105 cm³/mol. The summed E-state index contributed by atoms with van der Waals surface area (Å²) in [6, 6.07) is 8.92. The molecule has 0 spiro atoms. The Balaban J connectivity index is 1.49. The van der Waals surface area contributed by atoms with E-state index in [1.165, 1.54) is 31.4 Å². The Morgan fingerprint density at radius 3 is 2.48 bits per heavy atom. The summed E-state index contributed by atoms with van der Waals surface area (Å²) < 4.78 is 39.7. The number of furan rings is 1. The molecule has 2 heterocycles. The van der Waals surface area contributed by atoms with Gasteiger partial charge >= 0.3 is 12.6 Å². The molecule has 0 radical (unpaired) electrons. The highest BCUT2D eigenvalue weighted by Crippen LogP contribution is 2.26. The Labute approximate surface area is 177 Å². The number of rotatable bonds is 7. The maximum absolute atomic E-state index is 12.5. The van der Waals surface area contributed by atoms with Crippen LogP contribution in [0, 0.1) is 5.92 Å². The van der Waals surface area contributed by atoms with Gasteiger partial charge in [-0.2, -0.15) is 8.78 Å². The molecular formula is C21H22F2N2O6. The first-order chi connectivity index (χ1) is 14.8. The molecule has 1 aliphatic heterocycles. The molecule has 31 heavy (non-hydrogen) atoms. The Morgan fingerprint density at radius 2 is 1.84 bits per heavy atom. The zero-order valence-electron chi connectivity index (χ0n) is 16.8. The fourth-order valence-corrected chi connectivity index (χ4v) is 3.20. The molecule has 0 saturated carbocycles. The van der Waals surface area contributed by atoms with Crippen LogP contribution in [0.1, 0.15) is 30.3 Å². The van der Waals surface area contributed by atoms with Crippen LogP contribution >= 0.6 is 0 Å². The first-order valence-electron chi connectivity index (χ1n) is 9.73. The van der Waals surface area contributed by atoms with Crippen LogP contribution in [0.15, 0.2) is 47.1 Å². The average Bonchev–Trinajstić information content (AvgIpc) is 3.29. The molecule has 8 nitrogen and oxygen atoms in total. The van der Waals surface area contributed by atoms with Crippen molar-refractivity contribution < 1.29 is 37.1 Å². The third kappa shape index (κ3) is 5.80. The highest BCUT2D eigenvalue weighted by molar-refractivity contribution is 5.96. The number of piperidine rings is 1. The number of hydrogen-bond donors (Lipinski definition) is 1. The van der Waals surface area contributed by atoms with Gasteiger partial charge in [-0.1, -0.05) is 12.1 Å². The second-order valence-corrected chi connectivity index (χ2v) is 6.99. The van der Waals surface area contributed by atoms with Crippen molar-refractivity contribution in [2.45, 2.75) is 32.5 Å². The van der Waals surface area contributed by atoms with E-state index in [4.69, 9.17) is 9.15 Å². The average molecular weight is 436 g/mol. The number of carbonyl (C=O) groups is 3. The molecule has 10 heteroatoms. The van der Waals surface area contributed by atoms with Crippen molar-refractivity contribution in [2.24, 2.45) is 5.92 Å². The maximum atomic E-state index is 12.5. The number of nitrogens with one attached hydrogen (secondary N) is 1. The van der Waals surface area contributed by atoms with Gasteiger partial charge in [0.2, 0.25) is 0 Å². The smallest absolute Gasteiger partial charge is 0.387 e. The highest BCUT2D eigenvalue weighted by Gasteiger charge is 2.31. The van der Waals surface area contributed by atoms with E-state index in [0.717, 1.165) is 0 Å². The Kier molecular flexibility index (Phi) is 7.22. The van der Waals surface area contributed by atoms with Crippen molar-refractivity contribution in [3.05, 3.63) is 48.4 Å². The number of benzene rings is 1. The van der Waals surface area contributed by atoms with Gasteiger partial charge in [-0.15, -0.1) is 0 Å². The lowest BCUT2D eigenvalue weighted by Crippen LogP contribution is -2.41. The molecule has 2 amide bonds. The van der Waals surface area contributed by atoms with Crippen molar-refractivity contribution in [1.82, 2.24) is 4.90 Å². The quantitative estimate of drug-likeness (QED) is 0.669. The van der Waals surface area contributed by atoms with E-state index in [-0.39, 0.29) is 23.1 Å². The molecular weight excluding hydrogens is 414 g/mol. The lowest BCUT2D eigenvalue weighted by molar-refractivity contribution is -0.158. The molecule has 1 aromatic carbocycles. The molecule has 1 aromatic heterocycles. The molecule has 3 rings (SSSR count). The lowest BCUT2D eigenvalue weighted by atomic mass is 9.97. The number of alkyl halides is 2. The van der Waals surface area contributed by atoms with Crippen LogP contribution in [0.5, 0.6) is 5.75 Å². The van der Waals surface area contributed by atoms with E-state index < -0.39 is 30.5 Å². The predicted octanol–water partition coefficient (Wildman–Crippen LogP) is 3.30. The summed E-state index contributed by atoms with van der Waals surface area (Å²) in [6.07, 6.45) is 1.06. The van der Waals surface area contributed by atoms with Gasteiger partial charge in [-0.05, 0) is 44.0 Å². The van der Waals surface area contributed by atoms with Crippen LogP contribution < -0.4 is 10.1 Å². The standard InChI is InChI=1S/C21H22F2N2O6/c1-13(18(26)24-15-5-2-3-6-16(15)31-21(22)23)30-20(28)14-8-10-25(11-9-14)19(27)17-7-4-12-29-17/h2-7,12-14,21H,8-11H2,1H3,(H,24,26). The maximum Gasteiger partial charge on any atom is 0.387 e. The van der Waals surface area contributed by atoms with Crippen molar-refractivity contribution in [1.29, 1.82) is 0 Å². The van der Waals surface area contributed by atoms with Gasteiger partial charge in [0.05, 0.1) is 17.9 Å². The van der Waals surface area contributed by atoms with Crippen molar-refractivity contribution in [3.8, 4) is 5.75 Å². The summed E-state index contributed by atoms with van der Waals surface area (Å²) in [5.41, 5.74) is 0.0421. The first kappa shape index (κ1) is 22.3. The molecule has 1 aliphatic rings. The number of anilines is 1. The number of amides is 2. The number of halogens is 2. The lowest BCUT2D eigenvalue weighted by Gasteiger charge is -2.30. The third-order valence-corrected chi connectivity index (χ3v) is 4.87. The number of likely N-dealkylation sites (tertiary alicyclic amines) is 1. The molecule has 2 aromatic rings. The highest BCUT2D eigenvalue weighted by atomic mass is 19.3. The van der Waals surface area contributed by atoms with Gasteiger partial charge in [-0.3, -0.25) is 14.4 Å². The Hall–Kier alpha value is -3.43.